The Bertz CT molecular complexity index is 1160. The van der Waals surface area contributed by atoms with Crippen LogP contribution in [0.2, 0.25) is 0 Å². The SMILES string of the molecule is Cc1ccc2nc(C(C)C)oc2c1-c1n(C(C)(C)C)c2ccccc2[n+]1C. The zero-order valence-electron chi connectivity index (χ0n) is 17.3. The number of aromatic nitrogens is 3. The smallest absolute Gasteiger partial charge is 0.294 e. The van der Waals surface area contributed by atoms with E-state index in [-0.39, 0.29) is 11.5 Å². The molecule has 2 aromatic carbocycles. The fraction of sp³-hybridized carbons (Fsp3) is 0.391. The first kappa shape index (κ1) is 17.8. The first-order valence-corrected chi connectivity index (χ1v) is 9.60. The molecule has 2 heterocycles. The van der Waals surface area contributed by atoms with Crippen molar-refractivity contribution in [3.8, 4) is 11.4 Å². The van der Waals surface area contributed by atoms with Crippen molar-refractivity contribution in [3.05, 3.63) is 47.9 Å². The van der Waals surface area contributed by atoms with Crippen LogP contribution >= 0.6 is 0 Å². The molecule has 27 heavy (non-hydrogen) atoms. The van der Waals surface area contributed by atoms with Gasteiger partial charge < -0.3 is 4.42 Å². The average Bonchev–Trinajstić information content (AvgIpc) is 3.15. The summed E-state index contributed by atoms with van der Waals surface area (Å²) < 4.78 is 11.0. The molecule has 0 aliphatic rings. The van der Waals surface area contributed by atoms with Crippen LogP contribution in [-0.4, -0.2) is 9.55 Å². The number of aryl methyl sites for hydroxylation is 2. The molecular formula is C23H28N3O+. The van der Waals surface area contributed by atoms with Crippen LogP contribution in [0.5, 0.6) is 0 Å². The predicted molar refractivity (Wildman–Crippen MR) is 110 cm³/mol. The van der Waals surface area contributed by atoms with Gasteiger partial charge in [0.25, 0.3) is 5.82 Å². The molecule has 0 aliphatic carbocycles. The van der Waals surface area contributed by atoms with Crippen molar-refractivity contribution in [1.82, 2.24) is 9.55 Å². The molecule has 4 nitrogen and oxygen atoms in total. The maximum atomic E-state index is 6.28. The summed E-state index contributed by atoms with van der Waals surface area (Å²) in [7, 11) is 2.14. The number of para-hydroxylation sites is 2. The standard InChI is InChI=1S/C23H28N3O/c1-14(2)21-24-16-13-12-15(3)19(20(16)27-21)22-25(7)17-10-8-9-11-18(17)26(22)23(4,5)6/h8-14H,1-7H3/q+1. The molecule has 0 spiro atoms. The maximum Gasteiger partial charge on any atom is 0.294 e. The Kier molecular flexibility index (Phi) is 3.91. The average molecular weight is 362 g/mol. The summed E-state index contributed by atoms with van der Waals surface area (Å²) in [4.78, 5) is 4.73. The Hall–Kier alpha value is -2.62. The second-order valence-corrected chi connectivity index (χ2v) is 8.69. The fourth-order valence-electron chi connectivity index (χ4n) is 3.91. The highest BCUT2D eigenvalue weighted by Crippen LogP contribution is 2.36. The van der Waals surface area contributed by atoms with Crippen molar-refractivity contribution in [2.24, 2.45) is 7.05 Å². The van der Waals surface area contributed by atoms with E-state index in [1.807, 2.05) is 0 Å². The molecule has 0 radical (unpaired) electrons. The van der Waals surface area contributed by atoms with E-state index in [1.54, 1.807) is 0 Å². The van der Waals surface area contributed by atoms with Gasteiger partial charge in [-0.1, -0.05) is 32.0 Å². The summed E-state index contributed by atoms with van der Waals surface area (Å²) in [5.74, 6) is 2.20. The van der Waals surface area contributed by atoms with Crippen molar-refractivity contribution in [1.29, 1.82) is 0 Å². The van der Waals surface area contributed by atoms with Crippen LogP contribution in [0.3, 0.4) is 0 Å². The van der Waals surface area contributed by atoms with Gasteiger partial charge in [-0.25, -0.2) is 14.1 Å². The van der Waals surface area contributed by atoms with E-state index in [1.165, 1.54) is 16.6 Å². The highest BCUT2D eigenvalue weighted by Gasteiger charge is 2.34. The van der Waals surface area contributed by atoms with E-state index >= 15 is 0 Å². The molecule has 4 aromatic rings. The minimum Gasteiger partial charge on any atom is -0.439 e. The molecule has 0 unspecified atom stereocenters. The minimum absolute atomic E-state index is 0.0777. The molecule has 2 aromatic heterocycles. The molecule has 0 N–H and O–H groups in total. The second kappa shape index (κ2) is 5.95. The van der Waals surface area contributed by atoms with Crippen molar-refractivity contribution in [2.45, 2.75) is 53.0 Å². The van der Waals surface area contributed by atoms with Gasteiger partial charge in [-0.3, -0.25) is 0 Å². The zero-order valence-corrected chi connectivity index (χ0v) is 17.3. The van der Waals surface area contributed by atoms with Crippen LogP contribution in [0.4, 0.5) is 0 Å². The Labute approximate surface area is 160 Å². The molecule has 4 rings (SSSR count). The van der Waals surface area contributed by atoms with Gasteiger partial charge >= 0.3 is 0 Å². The lowest BCUT2D eigenvalue weighted by atomic mass is 10.0. The summed E-state index contributed by atoms with van der Waals surface area (Å²) in [6, 6.07) is 12.8. The van der Waals surface area contributed by atoms with E-state index in [2.05, 4.69) is 94.1 Å². The third-order valence-electron chi connectivity index (χ3n) is 5.18. The second-order valence-electron chi connectivity index (χ2n) is 8.69. The van der Waals surface area contributed by atoms with Crippen molar-refractivity contribution >= 4 is 22.1 Å². The van der Waals surface area contributed by atoms with Crippen LogP contribution in [0, 0.1) is 6.92 Å². The quantitative estimate of drug-likeness (QED) is 0.444. The number of fused-ring (bicyclic) bond motifs is 2. The summed E-state index contributed by atoms with van der Waals surface area (Å²) in [6.07, 6.45) is 0. The number of benzene rings is 2. The number of rotatable bonds is 2. The monoisotopic (exact) mass is 362 g/mol. The molecule has 0 saturated carbocycles. The summed E-state index contributed by atoms with van der Waals surface area (Å²) >= 11 is 0. The van der Waals surface area contributed by atoms with Crippen molar-refractivity contribution < 1.29 is 8.98 Å². The van der Waals surface area contributed by atoms with E-state index in [9.17, 15) is 0 Å². The molecule has 0 bridgehead atoms. The van der Waals surface area contributed by atoms with Crippen molar-refractivity contribution in [3.63, 3.8) is 0 Å². The van der Waals surface area contributed by atoms with Crippen LogP contribution in [-0.2, 0) is 12.6 Å². The molecule has 4 heteroatoms. The number of nitrogens with zero attached hydrogens (tertiary/aromatic N) is 3. The predicted octanol–water partition coefficient (Wildman–Crippen LogP) is 5.46. The lowest BCUT2D eigenvalue weighted by Crippen LogP contribution is -2.33. The largest absolute Gasteiger partial charge is 0.439 e. The lowest BCUT2D eigenvalue weighted by Gasteiger charge is -2.18. The van der Waals surface area contributed by atoms with Crippen LogP contribution in [0.25, 0.3) is 33.5 Å². The van der Waals surface area contributed by atoms with Gasteiger partial charge in [0, 0.05) is 5.92 Å². The Morgan fingerprint density at radius 3 is 2.44 bits per heavy atom. The number of oxazole rings is 1. The zero-order chi connectivity index (χ0) is 19.5. The maximum absolute atomic E-state index is 6.28. The third-order valence-corrected chi connectivity index (χ3v) is 5.18. The topological polar surface area (TPSA) is 34.8 Å². The fourth-order valence-corrected chi connectivity index (χ4v) is 3.91. The molecule has 0 fully saturated rings. The Morgan fingerprint density at radius 1 is 1.07 bits per heavy atom. The Balaban J connectivity index is 2.18. The molecule has 0 atom stereocenters. The van der Waals surface area contributed by atoms with Gasteiger partial charge in [-0.2, -0.15) is 0 Å². The lowest BCUT2D eigenvalue weighted by molar-refractivity contribution is -0.634. The molecular weight excluding hydrogens is 334 g/mol. The van der Waals surface area contributed by atoms with Crippen molar-refractivity contribution in [2.75, 3.05) is 0 Å². The summed E-state index contributed by atoms with van der Waals surface area (Å²) in [6.45, 7) is 13.1. The summed E-state index contributed by atoms with van der Waals surface area (Å²) in [5, 5.41) is 0. The van der Waals surface area contributed by atoms with Gasteiger partial charge in [0.1, 0.15) is 16.6 Å². The summed E-state index contributed by atoms with van der Waals surface area (Å²) in [5.41, 5.74) is 6.47. The molecule has 0 aliphatic heterocycles. The molecule has 0 saturated heterocycles. The normalized spacial score (nSPS) is 12.6. The van der Waals surface area contributed by atoms with Gasteiger partial charge in [-0.05, 0) is 51.5 Å². The minimum atomic E-state index is -0.0777. The highest BCUT2D eigenvalue weighted by molar-refractivity contribution is 5.91. The molecule has 0 amide bonds. The molecule has 140 valence electrons. The van der Waals surface area contributed by atoms with Gasteiger partial charge in [0.05, 0.1) is 7.05 Å². The van der Waals surface area contributed by atoms with Crippen LogP contribution in [0.15, 0.2) is 40.8 Å². The van der Waals surface area contributed by atoms with Gasteiger partial charge in [0.2, 0.25) is 0 Å². The van der Waals surface area contributed by atoms with E-state index in [0.717, 1.165) is 28.4 Å². The van der Waals surface area contributed by atoms with Crippen LogP contribution in [0.1, 0.15) is 52.0 Å². The third kappa shape index (κ3) is 2.66. The Morgan fingerprint density at radius 2 is 1.78 bits per heavy atom. The van der Waals surface area contributed by atoms with E-state index in [4.69, 9.17) is 9.40 Å². The van der Waals surface area contributed by atoms with E-state index < -0.39 is 0 Å². The van der Waals surface area contributed by atoms with Crippen LogP contribution < -0.4 is 4.57 Å². The first-order chi connectivity index (χ1) is 12.7. The number of imidazole rings is 1. The number of hydrogen-bond acceptors (Lipinski definition) is 2. The highest BCUT2D eigenvalue weighted by atomic mass is 16.3. The van der Waals surface area contributed by atoms with Gasteiger partial charge in [0.15, 0.2) is 22.5 Å². The van der Waals surface area contributed by atoms with Gasteiger partial charge in [-0.15, -0.1) is 0 Å². The first-order valence-electron chi connectivity index (χ1n) is 9.60. The number of hydrogen-bond donors (Lipinski definition) is 0. The van der Waals surface area contributed by atoms with E-state index in [0.29, 0.717) is 0 Å².